The summed E-state index contributed by atoms with van der Waals surface area (Å²) in [6.07, 6.45) is -0.502. The molecular formula is C24H18N2O3. The van der Waals surface area contributed by atoms with E-state index in [4.69, 9.17) is 4.74 Å². The predicted molar refractivity (Wildman–Crippen MR) is 111 cm³/mol. The molecule has 0 bridgehead atoms. The summed E-state index contributed by atoms with van der Waals surface area (Å²) in [6.45, 7) is 2.20. The monoisotopic (exact) mass is 382 g/mol. The van der Waals surface area contributed by atoms with E-state index in [1.54, 1.807) is 24.3 Å². The lowest BCUT2D eigenvalue weighted by molar-refractivity contribution is 0.0378. The third kappa shape index (κ3) is 2.66. The van der Waals surface area contributed by atoms with E-state index in [0.29, 0.717) is 17.3 Å². The van der Waals surface area contributed by atoms with Crippen LogP contribution < -0.4 is 5.56 Å². The zero-order valence-electron chi connectivity index (χ0n) is 15.8. The molecule has 5 nitrogen and oxygen atoms in total. The van der Waals surface area contributed by atoms with Crippen molar-refractivity contribution in [3.05, 3.63) is 100.0 Å². The minimum atomic E-state index is -0.542. The van der Waals surface area contributed by atoms with Crippen molar-refractivity contribution < 1.29 is 9.53 Å². The van der Waals surface area contributed by atoms with Gasteiger partial charge in [0.1, 0.15) is 0 Å². The van der Waals surface area contributed by atoms with Gasteiger partial charge in [0, 0.05) is 23.1 Å². The summed E-state index contributed by atoms with van der Waals surface area (Å²) in [5, 5.41) is 5.27. The second-order valence-electron chi connectivity index (χ2n) is 6.97. The summed E-state index contributed by atoms with van der Waals surface area (Å²) >= 11 is 0. The van der Waals surface area contributed by atoms with Crippen LogP contribution in [-0.4, -0.2) is 15.7 Å². The van der Waals surface area contributed by atoms with Gasteiger partial charge in [0.15, 0.2) is 11.8 Å². The number of rotatable bonds is 3. The Morgan fingerprint density at radius 3 is 2.07 bits per heavy atom. The van der Waals surface area contributed by atoms with Crippen LogP contribution >= 0.6 is 0 Å². The third-order valence-electron chi connectivity index (χ3n) is 5.36. The van der Waals surface area contributed by atoms with Crippen LogP contribution in [0.2, 0.25) is 0 Å². The fourth-order valence-electron chi connectivity index (χ4n) is 4.00. The van der Waals surface area contributed by atoms with Crippen molar-refractivity contribution in [1.29, 1.82) is 0 Å². The molecule has 0 spiro atoms. The van der Waals surface area contributed by atoms with Crippen molar-refractivity contribution in [1.82, 2.24) is 9.78 Å². The Hall–Kier alpha value is -3.73. The Bertz CT molecular complexity index is 1280. The summed E-state index contributed by atoms with van der Waals surface area (Å²) in [4.78, 5) is 25.8. The molecule has 0 amide bonds. The summed E-state index contributed by atoms with van der Waals surface area (Å²) < 4.78 is 7.28. The van der Waals surface area contributed by atoms with Crippen molar-refractivity contribution in [3.8, 4) is 11.1 Å². The first-order valence-electron chi connectivity index (χ1n) is 9.58. The zero-order valence-corrected chi connectivity index (χ0v) is 15.8. The molecule has 0 N–H and O–H groups in total. The fourth-order valence-corrected chi connectivity index (χ4v) is 4.00. The topological polar surface area (TPSA) is 61.2 Å². The smallest absolute Gasteiger partial charge is 0.360 e. The van der Waals surface area contributed by atoms with Gasteiger partial charge in [-0.25, -0.2) is 9.48 Å². The number of hydrogen-bond donors (Lipinski definition) is 0. The van der Waals surface area contributed by atoms with Gasteiger partial charge in [0.25, 0.3) is 5.56 Å². The van der Waals surface area contributed by atoms with Crippen LogP contribution in [0.25, 0.3) is 21.9 Å². The molecule has 142 valence electrons. The van der Waals surface area contributed by atoms with Crippen molar-refractivity contribution in [2.45, 2.75) is 19.6 Å². The predicted octanol–water partition coefficient (Wildman–Crippen LogP) is 4.34. The van der Waals surface area contributed by atoms with E-state index in [9.17, 15) is 9.59 Å². The third-order valence-corrected chi connectivity index (χ3v) is 5.36. The van der Waals surface area contributed by atoms with Gasteiger partial charge in [-0.1, -0.05) is 66.7 Å². The molecule has 1 heterocycles. The van der Waals surface area contributed by atoms with E-state index in [1.807, 2.05) is 55.5 Å². The maximum Gasteiger partial charge on any atom is 0.360 e. The van der Waals surface area contributed by atoms with Crippen LogP contribution in [0.1, 0.15) is 34.6 Å². The molecule has 29 heavy (non-hydrogen) atoms. The van der Waals surface area contributed by atoms with Gasteiger partial charge in [-0.3, -0.25) is 4.79 Å². The standard InChI is InChI=1S/C24H18N2O3/c1-2-26-23(27)20-14-8-5-11-17(20)21(25-26)24(28)29-22-18-12-6-3-9-15(18)16-10-4-7-13-19(16)22/h3-14,22H,2H2,1H3. The molecule has 3 aromatic carbocycles. The molecule has 1 aromatic heterocycles. The number of ether oxygens (including phenoxy) is 1. The Balaban J connectivity index is 1.62. The van der Waals surface area contributed by atoms with E-state index < -0.39 is 12.1 Å². The maximum atomic E-state index is 13.2. The number of carbonyl (C=O) groups is 1. The summed E-state index contributed by atoms with van der Waals surface area (Å²) in [5.41, 5.74) is 3.99. The van der Waals surface area contributed by atoms with Crippen molar-refractivity contribution >= 4 is 16.7 Å². The van der Waals surface area contributed by atoms with Gasteiger partial charge in [-0.05, 0) is 24.1 Å². The Morgan fingerprint density at radius 2 is 1.45 bits per heavy atom. The molecule has 0 saturated heterocycles. The van der Waals surface area contributed by atoms with Crippen LogP contribution in [-0.2, 0) is 11.3 Å². The Labute approximate surface area is 167 Å². The van der Waals surface area contributed by atoms with Crippen LogP contribution in [0.15, 0.2) is 77.6 Å². The van der Waals surface area contributed by atoms with Crippen LogP contribution in [0.4, 0.5) is 0 Å². The lowest BCUT2D eigenvalue weighted by Gasteiger charge is -2.16. The van der Waals surface area contributed by atoms with Gasteiger partial charge in [0.2, 0.25) is 0 Å². The van der Waals surface area contributed by atoms with Crippen molar-refractivity contribution in [3.63, 3.8) is 0 Å². The highest BCUT2D eigenvalue weighted by molar-refractivity contribution is 6.02. The number of aryl methyl sites for hydroxylation is 1. The highest BCUT2D eigenvalue weighted by Crippen LogP contribution is 2.45. The summed E-state index contributed by atoms with van der Waals surface area (Å²) in [5.74, 6) is -0.542. The molecular weight excluding hydrogens is 364 g/mol. The second kappa shape index (κ2) is 6.71. The number of nitrogens with zero attached hydrogens (tertiary/aromatic N) is 2. The lowest BCUT2D eigenvalue weighted by atomic mass is 10.1. The molecule has 0 radical (unpaired) electrons. The van der Waals surface area contributed by atoms with Crippen LogP contribution in [0, 0.1) is 0 Å². The van der Waals surface area contributed by atoms with Crippen molar-refractivity contribution in [2.24, 2.45) is 0 Å². The maximum absolute atomic E-state index is 13.2. The minimum absolute atomic E-state index is 0.156. The fraction of sp³-hybridized carbons (Fsp3) is 0.125. The van der Waals surface area contributed by atoms with E-state index >= 15 is 0 Å². The molecule has 1 aliphatic rings. The molecule has 5 heteroatoms. The highest BCUT2D eigenvalue weighted by atomic mass is 16.5. The highest BCUT2D eigenvalue weighted by Gasteiger charge is 2.32. The first-order chi connectivity index (χ1) is 14.2. The second-order valence-corrected chi connectivity index (χ2v) is 6.97. The Morgan fingerprint density at radius 1 is 0.897 bits per heavy atom. The minimum Gasteiger partial charge on any atom is -0.448 e. The number of fused-ring (bicyclic) bond motifs is 4. The first kappa shape index (κ1) is 17.4. The van der Waals surface area contributed by atoms with E-state index in [2.05, 4.69) is 5.10 Å². The number of aromatic nitrogens is 2. The summed E-state index contributed by atoms with van der Waals surface area (Å²) in [6, 6.07) is 22.9. The molecule has 0 atom stereocenters. The van der Waals surface area contributed by atoms with Gasteiger partial charge in [-0.2, -0.15) is 5.10 Å². The Kier molecular flexibility index (Phi) is 4.02. The zero-order chi connectivity index (χ0) is 20.0. The summed E-state index contributed by atoms with van der Waals surface area (Å²) in [7, 11) is 0. The quantitative estimate of drug-likeness (QED) is 0.495. The molecule has 0 unspecified atom stereocenters. The average Bonchev–Trinajstić information content (AvgIpc) is 3.08. The molecule has 0 saturated carbocycles. The van der Waals surface area contributed by atoms with Crippen molar-refractivity contribution in [2.75, 3.05) is 0 Å². The van der Waals surface area contributed by atoms with E-state index in [1.165, 1.54) is 4.68 Å². The number of hydrogen-bond acceptors (Lipinski definition) is 4. The SMILES string of the molecule is CCn1nc(C(=O)OC2c3ccccc3-c3ccccc32)c2ccccc2c1=O. The van der Waals surface area contributed by atoms with Gasteiger partial charge >= 0.3 is 5.97 Å². The molecule has 5 rings (SSSR count). The van der Waals surface area contributed by atoms with Crippen LogP contribution in [0.5, 0.6) is 0 Å². The normalized spacial score (nSPS) is 12.6. The average molecular weight is 382 g/mol. The molecule has 1 aliphatic carbocycles. The van der Waals surface area contributed by atoms with Crippen LogP contribution in [0.3, 0.4) is 0 Å². The molecule has 0 fully saturated rings. The first-order valence-corrected chi connectivity index (χ1v) is 9.58. The molecule has 0 aliphatic heterocycles. The largest absolute Gasteiger partial charge is 0.448 e. The van der Waals surface area contributed by atoms with Gasteiger partial charge in [-0.15, -0.1) is 0 Å². The van der Waals surface area contributed by atoms with Gasteiger partial charge in [0.05, 0.1) is 5.39 Å². The number of esters is 1. The number of carbonyl (C=O) groups excluding carboxylic acids is 1. The van der Waals surface area contributed by atoms with E-state index in [0.717, 1.165) is 22.3 Å². The van der Waals surface area contributed by atoms with E-state index in [-0.39, 0.29) is 11.3 Å². The molecule has 4 aromatic rings. The van der Waals surface area contributed by atoms with Gasteiger partial charge < -0.3 is 4.74 Å². The number of benzene rings is 3. The lowest BCUT2D eigenvalue weighted by Crippen LogP contribution is -2.26.